The molecule has 1 N–H and O–H groups in total. The Morgan fingerprint density at radius 1 is 1.25 bits per heavy atom. The number of hydrogen-bond donors (Lipinski definition) is 1. The summed E-state index contributed by atoms with van der Waals surface area (Å²) in [5.74, 6) is 1.39. The van der Waals surface area contributed by atoms with E-state index in [9.17, 15) is 4.79 Å². The number of aromatic amines is 1. The van der Waals surface area contributed by atoms with Gasteiger partial charge >= 0.3 is 6.03 Å². The number of tetrazole rings is 1. The molecule has 0 spiro atoms. The van der Waals surface area contributed by atoms with Gasteiger partial charge in [0.25, 0.3) is 5.95 Å². The van der Waals surface area contributed by atoms with E-state index in [2.05, 4.69) is 30.5 Å². The summed E-state index contributed by atoms with van der Waals surface area (Å²) in [6.07, 6.45) is 5.01. The molecule has 1 amide bonds. The van der Waals surface area contributed by atoms with Crippen molar-refractivity contribution in [3.05, 3.63) is 36.8 Å². The molecule has 0 bridgehead atoms. The highest BCUT2D eigenvalue weighted by atomic mass is 16.5. The smallest absolute Gasteiger partial charge is 0.329 e. The van der Waals surface area contributed by atoms with Crippen molar-refractivity contribution in [1.29, 1.82) is 0 Å². The Kier molecular flexibility index (Phi) is 4.92. The number of rotatable bonds is 4. The third-order valence-corrected chi connectivity index (χ3v) is 5.12. The number of carbonyl (C=O) groups is 1. The Bertz CT molecular complexity index is 913. The lowest BCUT2D eigenvalue weighted by molar-refractivity contribution is 0.181. The summed E-state index contributed by atoms with van der Waals surface area (Å²) in [4.78, 5) is 21.1. The molecule has 10 heteroatoms. The Balaban J connectivity index is 1.39. The molecule has 1 saturated heterocycles. The fourth-order valence-corrected chi connectivity index (χ4v) is 3.42. The number of piperidine rings is 1. The average molecular weight is 382 g/mol. The lowest BCUT2D eigenvalue weighted by atomic mass is 10.0. The number of aromatic nitrogens is 6. The standard InChI is InChI=1S/C18H22N8O2/c1-24(14-7-9-25(10-8-14)17-20-22-23-21-17)18(27)26-11-16(19-12-26)13-3-5-15(28-2)6-4-13/h3-6,11-12,14H,7-10H2,1-2H3,(H,20,21,22,23). The molecule has 146 valence electrons. The number of H-pyrrole nitrogens is 1. The molecule has 4 rings (SSSR count). The first-order valence-corrected chi connectivity index (χ1v) is 9.09. The van der Waals surface area contributed by atoms with E-state index >= 15 is 0 Å². The van der Waals surface area contributed by atoms with Crippen LogP contribution >= 0.6 is 0 Å². The quantitative estimate of drug-likeness (QED) is 0.731. The van der Waals surface area contributed by atoms with Crippen molar-refractivity contribution in [3.63, 3.8) is 0 Å². The van der Waals surface area contributed by atoms with Gasteiger partial charge in [-0.25, -0.2) is 9.78 Å². The van der Waals surface area contributed by atoms with Crippen LogP contribution in [-0.4, -0.2) is 74.4 Å². The van der Waals surface area contributed by atoms with Gasteiger partial charge in [0.05, 0.1) is 12.8 Å². The van der Waals surface area contributed by atoms with E-state index in [1.165, 1.54) is 4.57 Å². The largest absolute Gasteiger partial charge is 0.497 e. The van der Waals surface area contributed by atoms with Crippen molar-refractivity contribution >= 4 is 12.0 Å². The zero-order valence-electron chi connectivity index (χ0n) is 15.8. The molecule has 1 aromatic carbocycles. The molecule has 0 saturated carbocycles. The maximum atomic E-state index is 12.9. The molecule has 0 atom stereocenters. The number of anilines is 1. The van der Waals surface area contributed by atoms with Gasteiger partial charge in [0.15, 0.2) is 0 Å². The van der Waals surface area contributed by atoms with E-state index < -0.39 is 0 Å². The third kappa shape index (κ3) is 3.53. The summed E-state index contributed by atoms with van der Waals surface area (Å²) in [5.41, 5.74) is 1.68. The molecule has 2 aromatic heterocycles. The van der Waals surface area contributed by atoms with E-state index in [4.69, 9.17) is 4.74 Å². The summed E-state index contributed by atoms with van der Waals surface area (Å²) >= 11 is 0. The van der Waals surface area contributed by atoms with Crippen LogP contribution in [0.15, 0.2) is 36.8 Å². The van der Waals surface area contributed by atoms with E-state index in [0.29, 0.717) is 5.95 Å². The van der Waals surface area contributed by atoms with Gasteiger partial charge in [0.2, 0.25) is 0 Å². The zero-order valence-corrected chi connectivity index (χ0v) is 15.8. The Hall–Kier alpha value is -3.43. The second-order valence-electron chi connectivity index (χ2n) is 6.72. The first-order valence-electron chi connectivity index (χ1n) is 9.09. The van der Waals surface area contributed by atoms with E-state index in [1.54, 1.807) is 24.5 Å². The van der Waals surface area contributed by atoms with Gasteiger partial charge in [0, 0.05) is 37.9 Å². The maximum Gasteiger partial charge on any atom is 0.329 e. The number of carbonyl (C=O) groups excluding carboxylic acids is 1. The van der Waals surface area contributed by atoms with Crippen molar-refractivity contribution in [2.24, 2.45) is 0 Å². The van der Waals surface area contributed by atoms with Gasteiger partial charge in [-0.3, -0.25) is 4.57 Å². The van der Waals surface area contributed by atoms with E-state index in [0.717, 1.165) is 42.9 Å². The van der Waals surface area contributed by atoms with Crippen molar-refractivity contribution in [3.8, 4) is 17.0 Å². The molecule has 1 aliphatic rings. The Morgan fingerprint density at radius 2 is 2.00 bits per heavy atom. The predicted octanol–water partition coefficient (Wildman–Crippen LogP) is 1.64. The monoisotopic (exact) mass is 382 g/mol. The fourth-order valence-electron chi connectivity index (χ4n) is 3.42. The first kappa shape index (κ1) is 18.0. The highest BCUT2D eigenvalue weighted by molar-refractivity contribution is 5.78. The van der Waals surface area contributed by atoms with Crippen LogP contribution in [0.25, 0.3) is 11.3 Å². The second kappa shape index (κ2) is 7.67. The van der Waals surface area contributed by atoms with Crippen molar-refractivity contribution in [1.82, 2.24) is 35.1 Å². The molecule has 1 fully saturated rings. The minimum atomic E-state index is -0.0923. The second-order valence-corrected chi connectivity index (χ2v) is 6.72. The number of nitrogens with one attached hydrogen (secondary N) is 1. The molecule has 3 aromatic rings. The molecule has 3 heterocycles. The minimum Gasteiger partial charge on any atom is -0.497 e. The van der Waals surface area contributed by atoms with Gasteiger partial charge in [-0.2, -0.15) is 5.21 Å². The lowest BCUT2D eigenvalue weighted by Gasteiger charge is -2.35. The topological polar surface area (TPSA) is 105 Å². The third-order valence-electron chi connectivity index (χ3n) is 5.12. The van der Waals surface area contributed by atoms with Crippen LogP contribution in [-0.2, 0) is 0 Å². The molecule has 10 nitrogen and oxygen atoms in total. The number of methoxy groups -OCH3 is 1. The van der Waals surface area contributed by atoms with Crippen LogP contribution in [0.3, 0.4) is 0 Å². The lowest BCUT2D eigenvalue weighted by Crippen LogP contribution is -2.47. The summed E-state index contributed by atoms with van der Waals surface area (Å²) in [7, 11) is 3.47. The normalized spacial score (nSPS) is 14.9. The number of amides is 1. The maximum absolute atomic E-state index is 12.9. The number of nitrogens with zero attached hydrogens (tertiary/aromatic N) is 7. The van der Waals surface area contributed by atoms with E-state index in [1.807, 2.05) is 31.3 Å². The average Bonchev–Trinajstić information content (AvgIpc) is 3.45. The van der Waals surface area contributed by atoms with Crippen LogP contribution in [0.1, 0.15) is 12.8 Å². The van der Waals surface area contributed by atoms with Gasteiger partial charge < -0.3 is 14.5 Å². The summed E-state index contributed by atoms with van der Waals surface area (Å²) < 4.78 is 6.71. The minimum absolute atomic E-state index is 0.0923. The predicted molar refractivity (Wildman–Crippen MR) is 102 cm³/mol. The first-order chi connectivity index (χ1) is 13.7. The Labute approximate surface area is 162 Å². The van der Waals surface area contributed by atoms with Gasteiger partial charge in [-0.05, 0) is 42.3 Å². The molecular weight excluding hydrogens is 360 g/mol. The van der Waals surface area contributed by atoms with E-state index in [-0.39, 0.29) is 12.1 Å². The Morgan fingerprint density at radius 3 is 2.64 bits per heavy atom. The number of benzene rings is 1. The number of imidazole rings is 1. The van der Waals surface area contributed by atoms with Crippen molar-refractivity contribution < 1.29 is 9.53 Å². The number of hydrogen-bond acceptors (Lipinski definition) is 7. The van der Waals surface area contributed by atoms with Crippen LogP contribution in [0.4, 0.5) is 10.7 Å². The van der Waals surface area contributed by atoms with Gasteiger partial charge in [0.1, 0.15) is 12.1 Å². The van der Waals surface area contributed by atoms with Crippen LogP contribution in [0, 0.1) is 0 Å². The fraction of sp³-hybridized carbons (Fsp3) is 0.389. The highest BCUT2D eigenvalue weighted by Crippen LogP contribution is 2.22. The summed E-state index contributed by atoms with van der Waals surface area (Å²) in [6.45, 7) is 1.56. The summed E-state index contributed by atoms with van der Waals surface area (Å²) in [5, 5.41) is 14.1. The van der Waals surface area contributed by atoms with Crippen LogP contribution < -0.4 is 9.64 Å². The molecule has 0 unspecified atom stereocenters. The van der Waals surface area contributed by atoms with Gasteiger partial charge in [-0.1, -0.05) is 5.10 Å². The zero-order chi connectivity index (χ0) is 19.5. The molecule has 0 aliphatic carbocycles. The number of ether oxygens (including phenoxy) is 1. The van der Waals surface area contributed by atoms with Crippen LogP contribution in [0.2, 0.25) is 0 Å². The van der Waals surface area contributed by atoms with Crippen molar-refractivity contribution in [2.45, 2.75) is 18.9 Å². The molecule has 28 heavy (non-hydrogen) atoms. The molecule has 0 radical (unpaired) electrons. The van der Waals surface area contributed by atoms with Crippen LogP contribution in [0.5, 0.6) is 5.75 Å². The molecular formula is C18H22N8O2. The summed E-state index contributed by atoms with van der Waals surface area (Å²) in [6, 6.07) is 7.66. The highest BCUT2D eigenvalue weighted by Gasteiger charge is 2.27. The molecule has 1 aliphatic heterocycles. The van der Waals surface area contributed by atoms with Gasteiger partial charge in [-0.15, -0.1) is 5.10 Å². The SMILES string of the molecule is COc1ccc(-c2cn(C(=O)N(C)C3CCN(c4nn[nH]n4)CC3)cn2)cc1. The van der Waals surface area contributed by atoms with Crippen molar-refractivity contribution in [2.75, 3.05) is 32.1 Å².